The SMILES string of the molecule is N.N[C@@H](CCC(=O)OC(C(=O)O)C(=O)O)C(=O)O. The van der Waals surface area contributed by atoms with Gasteiger partial charge >= 0.3 is 23.9 Å². The summed E-state index contributed by atoms with van der Waals surface area (Å²) in [4.78, 5) is 42.0. The number of hydrogen-bond donors (Lipinski definition) is 5. The molecule has 0 aromatic rings. The van der Waals surface area contributed by atoms with Gasteiger partial charge in [-0.2, -0.15) is 0 Å². The highest BCUT2D eigenvalue weighted by Crippen LogP contribution is 2.01. The molecule has 0 bridgehead atoms. The molecule has 0 aliphatic heterocycles. The maximum Gasteiger partial charge on any atom is 0.356 e. The van der Waals surface area contributed by atoms with E-state index in [4.69, 9.17) is 21.1 Å². The van der Waals surface area contributed by atoms with Crippen LogP contribution in [-0.4, -0.2) is 51.3 Å². The molecule has 0 aliphatic carbocycles. The Morgan fingerprint density at radius 1 is 1.00 bits per heavy atom. The molecule has 18 heavy (non-hydrogen) atoms. The minimum absolute atomic E-state index is 0. The third-order valence-corrected chi connectivity index (χ3v) is 1.67. The Morgan fingerprint density at radius 2 is 1.44 bits per heavy atom. The monoisotopic (exact) mass is 266 g/mol. The standard InChI is InChI=1S/C8H11NO8.H3N/c9-3(6(11)12)1-2-4(10)17-5(7(13)14)8(15)16;/h3,5H,1-2,9H2,(H,11,12)(H,13,14)(H,15,16);1H3/t3-;/m0./s1. The van der Waals surface area contributed by atoms with Crippen molar-refractivity contribution in [2.45, 2.75) is 25.0 Å². The molecule has 0 aromatic carbocycles. The van der Waals surface area contributed by atoms with E-state index in [0.29, 0.717) is 0 Å². The Morgan fingerprint density at radius 3 is 1.78 bits per heavy atom. The normalized spacial score (nSPS) is 11.2. The van der Waals surface area contributed by atoms with Crippen molar-refractivity contribution >= 4 is 23.9 Å². The molecule has 8 N–H and O–H groups in total. The number of aliphatic carboxylic acids is 3. The third kappa shape index (κ3) is 6.40. The molecule has 0 radical (unpaired) electrons. The van der Waals surface area contributed by atoms with Gasteiger partial charge in [-0.3, -0.25) is 9.59 Å². The Bertz CT molecular complexity index is 328. The lowest BCUT2D eigenvalue weighted by Gasteiger charge is -2.10. The lowest BCUT2D eigenvalue weighted by molar-refractivity contribution is -0.175. The molecule has 0 aromatic heterocycles. The van der Waals surface area contributed by atoms with Crippen molar-refractivity contribution in [2.75, 3.05) is 0 Å². The maximum absolute atomic E-state index is 11.0. The molecular weight excluding hydrogens is 252 g/mol. The second-order valence-electron chi connectivity index (χ2n) is 3.03. The number of carbonyl (C=O) groups is 4. The number of carboxylic acid groups (broad SMARTS) is 3. The number of nitrogens with two attached hydrogens (primary N) is 1. The van der Waals surface area contributed by atoms with Crippen LogP contribution in [0, 0.1) is 0 Å². The largest absolute Gasteiger partial charge is 0.480 e. The summed E-state index contributed by atoms with van der Waals surface area (Å²) < 4.78 is 4.12. The molecule has 0 aliphatic rings. The minimum Gasteiger partial charge on any atom is -0.480 e. The third-order valence-electron chi connectivity index (χ3n) is 1.67. The van der Waals surface area contributed by atoms with Crippen molar-refractivity contribution in [3.63, 3.8) is 0 Å². The van der Waals surface area contributed by atoms with Gasteiger partial charge in [0.1, 0.15) is 6.04 Å². The lowest BCUT2D eigenvalue weighted by atomic mass is 10.2. The molecule has 104 valence electrons. The van der Waals surface area contributed by atoms with E-state index >= 15 is 0 Å². The summed E-state index contributed by atoms with van der Waals surface area (Å²) in [5, 5.41) is 25.2. The van der Waals surface area contributed by atoms with Crippen molar-refractivity contribution in [1.82, 2.24) is 6.15 Å². The smallest absolute Gasteiger partial charge is 0.356 e. The molecule has 0 heterocycles. The summed E-state index contributed by atoms with van der Waals surface area (Å²) in [6.07, 6.45) is -3.06. The van der Waals surface area contributed by atoms with Crippen molar-refractivity contribution in [3.05, 3.63) is 0 Å². The van der Waals surface area contributed by atoms with E-state index in [1.165, 1.54) is 0 Å². The summed E-state index contributed by atoms with van der Waals surface area (Å²) in [5.74, 6) is -6.12. The van der Waals surface area contributed by atoms with Crippen molar-refractivity contribution in [1.29, 1.82) is 0 Å². The second kappa shape index (κ2) is 7.97. The van der Waals surface area contributed by atoms with Crippen LogP contribution in [0.15, 0.2) is 0 Å². The molecule has 0 saturated heterocycles. The van der Waals surface area contributed by atoms with Crippen LogP contribution in [0.25, 0.3) is 0 Å². The minimum atomic E-state index is -2.30. The van der Waals surface area contributed by atoms with Crippen LogP contribution >= 0.6 is 0 Å². The van der Waals surface area contributed by atoms with Gasteiger partial charge in [0.05, 0.1) is 0 Å². The van der Waals surface area contributed by atoms with Crippen LogP contribution < -0.4 is 11.9 Å². The van der Waals surface area contributed by atoms with Crippen molar-refractivity contribution in [2.24, 2.45) is 5.73 Å². The van der Waals surface area contributed by atoms with Crippen LogP contribution in [0.3, 0.4) is 0 Å². The van der Waals surface area contributed by atoms with Gasteiger partial charge in [0.2, 0.25) is 0 Å². The second-order valence-corrected chi connectivity index (χ2v) is 3.03. The van der Waals surface area contributed by atoms with E-state index in [9.17, 15) is 19.2 Å². The van der Waals surface area contributed by atoms with Gasteiger partial charge in [0.15, 0.2) is 0 Å². The molecule has 10 heteroatoms. The molecule has 0 rings (SSSR count). The lowest BCUT2D eigenvalue weighted by Crippen LogP contribution is -2.36. The highest BCUT2D eigenvalue weighted by molar-refractivity contribution is 5.97. The van der Waals surface area contributed by atoms with Gasteiger partial charge in [-0.1, -0.05) is 0 Å². The highest BCUT2D eigenvalue weighted by Gasteiger charge is 2.30. The highest BCUT2D eigenvalue weighted by atomic mass is 16.6. The van der Waals surface area contributed by atoms with Gasteiger partial charge in [-0.05, 0) is 6.42 Å². The first-order valence-electron chi connectivity index (χ1n) is 4.39. The molecule has 0 fully saturated rings. The van der Waals surface area contributed by atoms with E-state index in [0.717, 1.165) is 0 Å². The topological polar surface area (TPSA) is 199 Å². The summed E-state index contributed by atoms with van der Waals surface area (Å²) in [5.41, 5.74) is 5.08. The quantitative estimate of drug-likeness (QED) is 0.264. The van der Waals surface area contributed by atoms with Gasteiger partial charge in [0.25, 0.3) is 6.10 Å². The average Bonchev–Trinajstić information content (AvgIpc) is 2.21. The number of hydrogen-bond acceptors (Lipinski definition) is 7. The van der Waals surface area contributed by atoms with Crippen LogP contribution in [0.2, 0.25) is 0 Å². The van der Waals surface area contributed by atoms with E-state index in [2.05, 4.69) is 4.74 Å². The zero-order chi connectivity index (χ0) is 13.6. The Labute approximate surface area is 101 Å². The number of esters is 1. The maximum atomic E-state index is 11.0. The Kier molecular flexibility index (Phi) is 8.05. The van der Waals surface area contributed by atoms with E-state index in [1.54, 1.807) is 0 Å². The number of carboxylic acids is 3. The molecule has 0 amide bonds. The van der Waals surface area contributed by atoms with E-state index in [1.807, 2.05) is 0 Å². The van der Waals surface area contributed by atoms with Gasteiger partial charge in [-0.15, -0.1) is 0 Å². The molecular formula is C8H14N2O8. The summed E-state index contributed by atoms with van der Waals surface area (Å²) in [6.45, 7) is 0. The first-order valence-corrected chi connectivity index (χ1v) is 4.39. The Hall–Kier alpha value is -2.20. The summed E-state index contributed by atoms with van der Waals surface area (Å²) in [7, 11) is 0. The van der Waals surface area contributed by atoms with Crippen molar-refractivity contribution < 1.29 is 39.2 Å². The summed E-state index contributed by atoms with van der Waals surface area (Å²) in [6, 6.07) is -1.30. The van der Waals surface area contributed by atoms with E-state index in [-0.39, 0.29) is 12.6 Å². The zero-order valence-corrected chi connectivity index (χ0v) is 9.24. The van der Waals surface area contributed by atoms with Crippen LogP contribution in [0.4, 0.5) is 0 Å². The van der Waals surface area contributed by atoms with Crippen LogP contribution in [0.1, 0.15) is 12.8 Å². The fourth-order valence-corrected chi connectivity index (χ4v) is 0.794. The molecule has 0 saturated carbocycles. The van der Waals surface area contributed by atoms with E-state index < -0.39 is 42.4 Å². The Balaban J connectivity index is 0. The first kappa shape index (κ1) is 18.2. The molecule has 0 spiro atoms. The number of carbonyl (C=O) groups excluding carboxylic acids is 1. The van der Waals surface area contributed by atoms with Gasteiger partial charge in [-0.25, -0.2) is 9.59 Å². The van der Waals surface area contributed by atoms with Crippen LogP contribution in [0.5, 0.6) is 0 Å². The zero-order valence-electron chi connectivity index (χ0n) is 9.24. The first-order chi connectivity index (χ1) is 7.75. The van der Waals surface area contributed by atoms with Crippen molar-refractivity contribution in [3.8, 4) is 0 Å². The number of rotatable bonds is 7. The van der Waals surface area contributed by atoms with Gasteiger partial charge in [0, 0.05) is 6.42 Å². The predicted octanol–water partition coefficient (Wildman–Crippen LogP) is -1.58. The molecule has 1 atom stereocenters. The predicted molar refractivity (Wildman–Crippen MR) is 55.0 cm³/mol. The van der Waals surface area contributed by atoms with Crippen LogP contribution in [-0.2, 0) is 23.9 Å². The summed E-state index contributed by atoms with van der Waals surface area (Å²) >= 11 is 0. The van der Waals surface area contributed by atoms with Gasteiger partial charge < -0.3 is 31.9 Å². The average molecular weight is 266 g/mol. The molecule has 10 nitrogen and oxygen atoms in total. The molecule has 0 unspecified atom stereocenters. The fourth-order valence-electron chi connectivity index (χ4n) is 0.794. The fraction of sp³-hybridized carbons (Fsp3) is 0.500. The number of ether oxygens (including phenoxy) is 1.